The quantitative estimate of drug-likeness (QED) is 0.822. The zero-order chi connectivity index (χ0) is 14.0. The molecule has 6 heteroatoms. The Labute approximate surface area is 129 Å². The van der Waals surface area contributed by atoms with Crippen LogP contribution in [0.1, 0.15) is 13.3 Å². The number of hydrogen-bond acceptors (Lipinski definition) is 3. The van der Waals surface area contributed by atoms with Gasteiger partial charge in [0.25, 0.3) is 0 Å². The number of rotatable bonds is 3. The van der Waals surface area contributed by atoms with Gasteiger partial charge in [-0.05, 0) is 24.1 Å². The summed E-state index contributed by atoms with van der Waals surface area (Å²) in [6, 6.07) is 5.46. The molecule has 1 unspecified atom stereocenters. The number of carbonyl (C=O) groups is 2. The molecule has 19 heavy (non-hydrogen) atoms. The molecule has 2 rings (SSSR count). The lowest BCUT2D eigenvalue weighted by Crippen LogP contribution is -2.25. The molecule has 1 aliphatic rings. The molecule has 0 radical (unpaired) electrons. The Balaban J connectivity index is 2.11. The minimum absolute atomic E-state index is 0.0640. The van der Waals surface area contributed by atoms with Crippen LogP contribution >= 0.6 is 39.3 Å². The lowest BCUT2D eigenvalue weighted by Gasteiger charge is -2.18. The van der Waals surface area contributed by atoms with Crippen LogP contribution in [0.25, 0.3) is 0 Å². The van der Waals surface area contributed by atoms with Crippen molar-refractivity contribution in [1.29, 1.82) is 0 Å². The van der Waals surface area contributed by atoms with Crippen molar-refractivity contribution in [3.8, 4) is 0 Å². The molecule has 102 valence electrons. The smallest absolute Gasteiger partial charge is 0.227 e. The summed E-state index contributed by atoms with van der Waals surface area (Å²) < 4.78 is 0.890. The Kier molecular flexibility index (Phi) is 4.92. The summed E-state index contributed by atoms with van der Waals surface area (Å²) >= 11 is 10.8. The first-order chi connectivity index (χ1) is 8.97. The minimum Gasteiger partial charge on any atom is -0.311 e. The molecule has 1 aromatic carbocycles. The van der Waals surface area contributed by atoms with Crippen molar-refractivity contribution in [2.24, 2.45) is 5.92 Å². The Bertz CT molecular complexity index is 523. The average Bonchev–Trinajstić information content (AvgIpc) is 2.71. The Morgan fingerprint density at radius 2 is 2.32 bits per heavy atom. The van der Waals surface area contributed by atoms with E-state index in [-0.39, 0.29) is 16.9 Å². The van der Waals surface area contributed by atoms with E-state index in [0.29, 0.717) is 23.7 Å². The number of thioether (sulfide) groups is 1. The van der Waals surface area contributed by atoms with Gasteiger partial charge < -0.3 is 4.90 Å². The van der Waals surface area contributed by atoms with Gasteiger partial charge in [0.1, 0.15) is 0 Å². The fourth-order valence-corrected chi connectivity index (χ4v) is 3.32. The zero-order valence-electron chi connectivity index (χ0n) is 10.4. The standard InChI is InChI=1S/C13H13BrClNO2S/c1-8(17)19-7-9-4-13(18)16(6-9)12-5-10(14)2-3-11(12)15/h2-3,5,9H,4,6-7H2,1H3. The molecule has 1 aromatic rings. The van der Waals surface area contributed by atoms with E-state index in [1.807, 2.05) is 12.1 Å². The van der Waals surface area contributed by atoms with Crippen LogP contribution in [0.5, 0.6) is 0 Å². The number of benzene rings is 1. The molecule has 1 heterocycles. The summed E-state index contributed by atoms with van der Waals surface area (Å²) in [5.41, 5.74) is 0.733. The van der Waals surface area contributed by atoms with Crippen molar-refractivity contribution in [3.05, 3.63) is 27.7 Å². The Morgan fingerprint density at radius 3 is 3.00 bits per heavy atom. The Hall–Kier alpha value is -0.520. The van der Waals surface area contributed by atoms with Gasteiger partial charge in [-0.1, -0.05) is 39.3 Å². The van der Waals surface area contributed by atoms with E-state index in [1.165, 1.54) is 11.8 Å². The SMILES string of the molecule is CC(=O)SCC1CC(=O)N(c2cc(Br)ccc2Cl)C1. The van der Waals surface area contributed by atoms with Gasteiger partial charge in [-0.25, -0.2) is 0 Å². The van der Waals surface area contributed by atoms with Gasteiger partial charge in [0.15, 0.2) is 5.12 Å². The van der Waals surface area contributed by atoms with E-state index in [4.69, 9.17) is 11.6 Å². The van der Waals surface area contributed by atoms with Gasteiger partial charge >= 0.3 is 0 Å². The molecule has 1 aliphatic heterocycles. The van der Waals surface area contributed by atoms with Gasteiger partial charge in [0.05, 0.1) is 10.7 Å². The fraction of sp³-hybridized carbons (Fsp3) is 0.385. The number of nitrogens with zero attached hydrogens (tertiary/aromatic N) is 1. The molecule has 1 saturated heterocycles. The Morgan fingerprint density at radius 1 is 1.58 bits per heavy atom. The third-order valence-electron chi connectivity index (χ3n) is 2.93. The summed E-state index contributed by atoms with van der Waals surface area (Å²) in [5.74, 6) is 0.953. The number of halogens is 2. The largest absolute Gasteiger partial charge is 0.311 e. The highest BCUT2D eigenvalue weighted by Gasteiger charge is 2.31. The van der Waals surface area contributed by atoms with E-state index < -0.39 is 0 Å². The van der Waals surface area contributed by atoms with Crippen LogP contribution in [0.15, 0.2) is 22.7 Å². The molecule has 1 amide bonds. The summed E-state index contributed by atoms with van der Waals surface area (Å²) in [4.78, 5) is 24.7. The number of anilines is 1. The van der Waals surface area contributed by atoms with Crippen LogP contribution < -0.4 is 4.90 Å². The first-order valence-corrected chi connectivity index (χ1v) is 8.02. The number of amides is 1. The van der Waals surface area contributed by atoms with Gasteiger partial charge in [0, 0.05) is 30.1 Å². The molecule has 0 N–H and O–H groups in total. The second-order valence-corrected chi connectivity index (χ2v) is 6.99. The summed E-state index contributed by atoms with van der Waals surface area (Å²) in [7, 11) is 0. The van der Waals surface area contributed by atoms with Crippen LogP contribution in [0, 0.1) is 5.92 Å². The van der Waals surface area contributed by atoms with Crippen molar-refractivity contribution in [3.63, 3.8) is 0 Å². The summed E-state index contributed by atoms with van der Waals surface area (Å²) in [5, 5.41) is 0.655. The predicted octanol–water partition coefficient (Wildman–Crippen LogP) is 3.74. The molecule has 0 aromatic heterocycles. The number of hydrogen-bond donors (Lipinski definition) is 0. The lowest BCUT2D eigenvalue weighted by molar-refractivity contribution is -0.117. The van der Waals surface area contributed by atoms with Gasteiger partial charge in [0.2, 0.25) is 5.91 Å². The highest BCUT2D eigenvalue weighted by atomic mass is 79.9. The molecule has 0 saturated carbocycles. The third kappa shape index (κ3) is 3.74. The maximum atomic E-state index is 12.1. The van der Waals surface area contributed by atoms with Crippen LogP contribution in [-0.4, -0.2) is 23.3 Å². The lowest BCUT2D eigenvalue weighted by atomic mass is 10.1. The van der Waals surface area contributed by atoms with Crippen LogP contribution in [0.3, 0.4) is 0 Å². The zero-order valence-corrected chi connectivity index (χ0v) is 13.5. The third-order valence-corrected chi connectivity index (χ3v) is 4.78. The topological polar surface area (TPSA) is 37.4 Å². The monoisotopic (exact) mass is 361 g/mol. The molecular formula is C13H13BrClNO2S. The van der Waals surface area contributed by atoms with E-state index in [0.717, 1.165) is 10.2 Å². The van der Waals surface area contributed by atoms with Gasteiger partial charge in [-0.3, -0.25) is 9.59 Å². The minimum atomic E-state index is 0.0640. The van der Waals surface area contributed by atoms with Crippen LogP contribution in [0.2, 0.25) is 5.02 Å². The van der Waals surface area contributed by atoms with Crippen LogP contribution in [-0.2, 0) is 9.59 Å². The fourth-order valence-electron chi connectivity index (χ4n) is 2.05. The second-order valence-electron chi connectivity index (χ2n) is 4.47. The van der Waals surface area contributed by atoms with E-state index in [2.05, 4.69) is 15.9 Å². The van der Waals surface area contributed by atoms with Crippen molar-refractivity contribution >= 4 is 56.0 Å². The average molecular weight is 363 g/mol. The molecule has 0 bridgehead atoms. The first-order valence-electron chi connectivity index (χ1n) is 5.86. The molecule has 1 atom stereocenters. The first kappa shape index (κ1) is 14.9. The normalized spacial score (nSPS) is 19.0. The van der Waals surface area contributed by atoms with E-state index >= 15 is 0 Å². The van der Waals surface area contributed by atoms with Crippen molar-refractivity contribution < 1.29 is 9.59 Å². The van der Waals surface area contributed by atoms with Crippen molar-refractivity contribution in [2.75, 3.05) is 17.2 Å². The van der Waals surface area contributed by atoms with Crippen molar-refractivity contribution in [2.45, 2.75) is 13.3 Å². The molecule has 3 nitrogen and oxygen atoms in total. The van der Waals surface area contributed by atoms with Crippen LogP contribution in [0.4, 0.5) is 5.69 Å². The maximum Gasteiger partial charge on any atom is 0.227 e. The van der Waals surface area contributed by atoms with E-state index in [9.17, 15) is 9.59 Å². The van der Waals surface area contributed by atoms with Gasteiger partial charge in [-0.2, -0.15) is 0 Å². The molecule has 1 fully saturated rings. The maximum absolute atomic E-state index is 12.1. The summed E-state index contributed by atoms with van der Waals surface area (Å²) in [6.07, 6.45) is 0.475. The molecular weight excluding hydrogens is 350 g/mol. The predicted molar refractivity (Wildman–Crippen MR) is 82.8 cm³/mol. The second kappa shape index (κ2) is 6.29. The highest BCUT2D eigenvalue weighted by Crippen LogP contribution is 2.34. The molecule has 0 spiro atoms. The molecule has 0 aliphatic carbocycles. The highest BCUT2D eigenvalue weighted by molar-refractivity contribution is 9.10. The summed E-state index contributed by atoms with van der Waals surface area (Å²) in [6.45, 7) is 2.17. The van der Waals surface area contributed by atoms with Crippen molar-refractivity contribution in [1.82, 2.24) is 0 Å². The number of carbonyl (C=O) groups excluding carboxylic acids is 2. The van der Waals surface area contributed by atoms with E-state index in [1.54, 1.807) is 17.9 Å². The van der Waals surface area contributed by atoms with Gasteiger partial charge in [-0.15, -0.1) is 0 Å².